The number of nitrogens with zero attached hydrogens (tertiary/aromatic N) is 3. The Labute approximate surface area is 103 Å². The molecule has 0 spiro atoms. The van der Waals surface area contributed by atoms with Gasteiger partial charge in [0.2, 0.25) is 0 Å². The number of ketones is 1. The molecular weight excluding hydrogens is 234 g/mol. The molecule has 2 rings (SSSR count). The number of benzene rings is 1. The topological polar surface area (TPSA) is 78.0 Å². The van der Waals surface area contributed by atoms with E-state index in [2.05, 4.69) is 5.10 Å². The summed E-state index contributed by atoms with van der Waals surface area (Å²) in [6.07, 6.45) is 2.86. The second-order valence-electron chi connectivity index (χ2n) is 4.17. The lowest BCUT2D eigenvalue weighted by atomic mass is 10.2. The maximum Gasteiger partial charge on any atom is 0.271 e. The van der Waals surface area contributed by atoms with Gasteiger partial charge in [0.05, 0.1) is 16.6 Å². The van der Waals surface area contributed by atoms with E-state index in [0.29, 0.717) is 19.4 Å². The van der Waals surface area contributed by atoms with Crippen molar-refractivity contribution >= 4 is 22.4 Å². The summed E-state index contributed by atoms with van der Waals surface area (Å²) >= 11 is 0. The molecule has 0 radical (unpaired) electrons. The van der Waals surface area contributed by atoms with Crippen molar-refractivity contribution in [1.82, 2.24) is 9.78 Å². The van der Waals surface area contributed by atoms with Crippen LogP contribution in [0.25, 0.3) is 10.9 Å². The number of non-ortho nitro benzene ring substituents is 1. The summed E-state index contributed by atoms with van der Waals surface area (Å²) in [4.78, 5) is 21.1. The number of nitro groups is 1. The number of aromatic nitrogens is 2. The molecule has 0 fully saturated rings. The van der Waals surface area contributed by atoms with Gasteiger partial charge in [-0.2, -0.15) is 5.10 Å². The molecule has 1 aromatic carbocycles. The Bertz CT molecular complexity index is 604. The Kier molecular flexibility index (Phi) is 3.36. The van der Waals surface area contributed by atoms with Gasteiger partial charge in [0.15, 0.2) is 0 Å². The van der Waals surface area contributed by atoms with Crippen molar-refractivity contribution < 1.29 is 9.72 Å². The predicted octanol–water partition coefficient (Wildman–Crippen LogP) is 2.31. The third kappa shape index (κ3) is 2.53. The first kappa shape index (κ1) is 12.2. The van der Waals surface area contributed by atoms with Crippen LogP contribution < -0.4 is 0 Å². The van der Waals surface area contributed by atoms with Gasteiger partial charge in [-0.15, -0.1) is 0 Å². The highest BCUT2D eigenvalue weighted by molar-refractivity contribution is 5.81. The Balaban J connectivity index is 2.25. The number of nitro benzene ring substituents is 1. The predicted molar refractivity (Wildman–Crippen MR) is 66.3 cm³/mol. The fraction of sp³-hybridized carbons (Fsp3) is 0.333. The first-order chi connectivity index (χ1) is 8.58. The van der Waals surface area contributed by atoms with Gasteiger partial charge in [-0.25, -0.2) is 0 Å². The van der Waals surface area contributed by atoms with Crippen LogP contribution in [0.15, 0.2) is 24.4 Å². The molecule has 0 atom stereocenters. The minimum absolute atomic E-state index is 0.0517. The zero-order chi connectivity index (χ0) is 13.1. The number of rotatable bonds is 5. The molecule has 0 unspecified atom stereocenters. The first-order valence-corrected chi connectivity index (χ1v) is 5.67. The molecule has 1 aromatic heterocycles. The minimum atomic E-state index is -0.424. The summed E-state index contributed by atoms with van der Waals surface area (Å²) in [6, 6.07) is 4.65. The summed E-state index contributed by atoms with van der Waals surface area (Å²) in [5, 5.41) is 15.8. The van der Waals surface area contributed by atoms with Gasteiger partial charge in [-0.1, -0.05) is 0 Å². The van der Waals surface area contributed by atoms with Gasteiger partial charge in [-0.05, 0) is 19.4 Å². The van der Waals surface area contributed by atoms with E-state index in [9.17, 15) is 14.9 Å². The van der Waals surface area contributed by atoms with Crippen molar-refractivity contribution in [3.05, 3.63) is 34.5 Å². The highest BCUT2D eigenvalue weighted by Crippen LogP contribution is 2.20. The fourth-order valence-corrected chi connectivity index (χ4v) is 1.83. The molecule has 1 heterocycles. The molecule has 0 saturated carbocycles. The number of carbonyl (C=O) groups excluding carboxylic acids is 1. The zero-order valence-electron chi connectivity index (χ0n) is 10.00. The summed E-state index contributed by atoms with van der Waals surface area (Å²) in [7, 11) is 0. The van der Waals surface area contributed by atoms with Crippen molar-refractivity contribution in [2.45, 2.75) is 26.3 Å². The average Bonchev–Trinajstić information content (AvgIpc) is 2.71. The highest BCUT2D eigenvalue weighted by atomic mass is 16.6. The van der Waals surface area contributed by atoms with Crippen LogP contribution in [0.1, 0.15) is 19.8 Å². The van der Waals surface area contributed by atoms with E-state index in [1.165, 1.54) is 12.1 Å². The Morgan fingerprint density at radius 2 is 2.28 bits per heavy atom. The number of Topliss-reactive ketones (excluding diaryl/α,β-unsaturated/α-hetero) is 1. The Morgan fingerprint density at radius 1 is 1.50 bits per heavy atom. The van der Waals surface area contributed by atoms with E-state index in [1.54, 1.807) is 23.9 Å². The summed E-state index contributed by atoms with van der Waals surface area (Å²) in [5.41, 5.74) is 0.781. The molecule has 0 aliphatic rings. The third-order valence-electron chi connectivity index (χ3n) is 2.74. The Morgan fingerprint density at radius 3 is 2.94 bits per heavy atom. The van der Waals surface area contributed by atoms with Gasteiger partial charge >= 0.3 is 0 Å². The highest BCUT2D eigenvalue weighted by Gasteiger charge is 2.09. The van der Waals surface area contributed by atoms with Crippen molar-refractivity contribution in [2.24, 2.45) is 0 Å². The summed E-state index contributed by atoms with van der Waals surface area (Å²) in [6.45, 7) is 2.14. The van der Waals surface area contributed by atoms with Crippen molar-refractivity contribution in [3.63, 3.8) is 0 Å². The molecule has 0 bridgehead atoms. The maximum atomic E-state index is 10.9. The SMILES string of the molecule is CC(=O)CCCn1ncc2ccc([N+](=O)[O-])cc21. The molecule has 2 aromatic rings. The van der Waals surface area contributed by atoms with Crippen LogP contribution in [0.4, 0.5) is 5.69 Å². The van der Waals surface area contributed by atoms with E-state index in [1.807, 2.05) is 0 Å². The number of fused-ring (bicyclic) bond motifs is 1. The second kappa shape index (κ2) is 4.95. The van der Waals surface area contributed by atoms with E-state index in [-0.39, 0.29) is 11.5 Å². The smallest absolute Gasteiger partial charge is 0.271 e. The van der Waals surface area contributed by atoms with Crippen molar-refractivity contribution in [2.75, 3.05) is 0 Å². The quantitative estimate of drug-likeness (QED) is 0.600. The van der Waals surface area contributed by atoms with Crippen molar-refractivity contribution in [3.8, 4) is 0 Å². The second-order valence-corrected chi connectivity index (χ2v) is 4.17. The lowest BCUT2D eigenvalue weighted by Gasteiger charge is -2.02. The van der Waals surface area contributed by atoms with E-state index in [4.69, 9.17) is 0 Å². The minimum Gasteiger partial charge on any atom is -0.300 e. The normalized spacial score (nSPS) is 10.7. The molecular formula is C12H13N3O3. The number of aryl methyl sites for hydroxylation is 1. The first-order valence-electron chi connectivity index (χ1n) is 5.67. The molecule has 0 aliphatic heterocycles. The lowest BCUT2D eigenvalue weighted by Crippen LogP contribution is -2.02. The summed E-state index contributed by atoms with van der Waals surface area (Å²) in [5.74, 6) is 0.137. The van der Waals surface area contributed by atoms with E-state index < -0.39 is 4.92 Å². The number of hydrogen-bond acceptors (Lipinski definition) is 4. The van der Waals surface area contributed by atoms with Gasteiger partial charge in [0.1, 0.15) is 5.78 Å². The third-order valence-corrected chi connectivity index (χ3v) is 2.74. The van der Waals surface area contributed by atoms with E-state index >= 15 is 0 Å². The molecule has 94 valence electrons. The van der Waals surface area contributed by atoms with Gasteiger partial charge < -0.3 is 4.79 Å². The van der Waals surface area contributed by atoms with Crippen LogP contribution in [-0.4, -0.2) is 20.5 Å². The molecule has 6 nitrogen and oxygen atoms in total. The van der Waals surface area contributed by atoms with Crippen LogP contribution in [-0.2, 0) is 11.3 Å². The monoisotopic (exact) mass is 247 g/mol. The van der Waals surface area contributed by atoms with Crippen LogP contribution in [0.3, 0.4) is 0 Å². The zero-order valence-corrected chi connectivity index (χ0v) is 10.00. The molecule has 0 N–H and O–H groups in total. The van der Waals surface area contributed by atoms with Gasteiger partial charge in [-0.3, -0.25) is 14.8 Å². The number of carbonyl (C=O) groups is 1. The standard InChI is InChI=1S/C12H13N3O3/c1-9(16)3-2-6-14-12-7-11(15(17)18)5-4-10(12)8-13-14/h4-5,7-8H,2-3,6H2,1H3. The lowest BCUT2D eigenvalue weighted by molar-refractivity contribution is -0.384. The maximum absolute atomic E-state index is 10.9. The fourth-order valence-electron chi connectivity index (χ4n) is 1.83. The van der Waals surface area contributed by atoms with Gasteiger partial charge in [0, 0.05) is 30.5 Å². The molecule has 0 aliphatic carbocycles. The van der Waals surface area contributed by atoms with Crippen LogP contribution in [0.2, 0.25) is 0 Å². The van der Waals surface area contributed by atoms with Crippen molar-refractivity contribution in [1.29, 1.82) is 0 Å². The van der Waals surface area contributed by atoms with Gasteiger partial charge in [0.25, 0.3) is 5.69 Å². The molecule has 18 heavy (non-hydrogen) atoms. The van der Waals surface area contributed by atoms with Crippen LogP contribution >= 0.6 is 0 Å². The number of hydrogen-bond donors (Lipinski definition) is 0. The molecule has 6 heteroatoms. The largest absolute Gasteiger partial charge is 0.300 e. The van der Waals surface area contributed by atoms with Crippen LogP contribution in [0, 0.1) is 10.1 Å². The summed E-state index contributed by atoms with van der Waals surface area (Å²) < 4.78 is 1.70. The average molecular weight is 247 g/mol. The van der Waals surface area contributed by atoms with Crippen LogP contribution in [0.5, 0.6) is 0 Å². The molecule has 0 saturated heterocycles. The molecule has 0 amide bonds. The Hall–Kier alpha value is -2.24. The van der Waals surface area contributed by atoms with E-state index in [0.717, 1.165) is 10.9 Å².